The normalized spacial score (nSPS) is 19.2. The van der Waals surface area contributed by atoms with Crippen LogP contribution in [0.4, 0.5) is 5.95 Å². The van der Waals surface area contributed by atoms with Crippen LogP contribution in [-0.4, -0.2) is 16.1 Å². The zero-order valence-electron chi connectivity index (χ0n) is 11.4. The smallest absolute Gasteiger partial charge is 0.203 e. The second-order valence-corrected chi connectivity index (χ2v) is 5.28. The summed E-state index contributed by atoms with van der Waals surface area (Å²) in [5.41, 5.74) is 1.11. The van der Waals surface area contributed by atoms with Crippen LogP contribution in [0.5, 0.6) is 0 Å². The molecule has 0 bridgehead atoms. The van der Waals surface area contributed by atoms with Crippen molar-refractivity contribution in [3.05, 3.63) is 11.9 Å². The number of aryl methyl sites for hydroxylation is 1. The number of anilines is 1. The monoisotopic (exact) mass is 235 g/mol. The molecule has 0 spiro atoms. The molecule has 17 heavy (non-hydrogen) atoms. The Hall–Kier alpha value is -0.990. The van der Waals surface area contributed by atoms with Gasteiger partial charge in [-0.3, -0.25) is 0 Å². The Morgan fingerprint density at radius 2 is 2.12 bits per heavy atom. The van der Waals surface area contributed by atoms with Crippen molar-refractivity contribution in [2.24, 2.45) is 5.92 Å². The van der Waals surface area contributed by atoms with E-state index in [0.29, 0.717) is 6.04 Å². The molecule has 0 amide bonds. The number of aromatic nitrogens is 2. The van der Waals surface area contributed by atoms with E-state index < -0.39 is 0 Å². The number of hydrogen-bond acceptors (Lipinski definition) is 2. The summed E-state index contributed by atoms with van der Waals surface area (Å²) in [5.74, 6) is 1.87. The molecule has 3 nitrogen and oxygen atoms in total. The molecule has 0 radical (unpaired) electrons. The van der Waals surface area contributed by atoms with Crippen molar-refractivity contribution in [2.45, 2.75) is 58.9 Å². The molecule has 1 atom stereocenters. The van der Waals surface area contributed by atoms with Gasteiger partial charge in [0, 0.05) is 18.8 Å². The molecule has 1 fully saturated rings. The van der Waals surface area contributed by atoms with E-state index in [9.17, 15) is 0 Å². The molecule has 1 aromatic rings. The lowest BCUT2D eigenvalue weighted by Gasteiger charge is -2.29. The molecule has 2 rings (SSSR count). The summed E-state index contributed by atoms with van der Waals surface area (Å²) in [4.78, 5) is 4.57. The first-order valence-corrected chi connectivity index (χ1v) is 7.01. The fraction of sp³-hybridized carbons (Fsp3) is 0.786. The number of imidazole rings is 1. The number of nitrogens with one attached hydrogen (secondary N) is 1. The minimum absolute atomic E-state index is 0.575. The van der Waals surface area contributed by atoms with Gasteiger partial charge in [-0.15, -0.1) is 0 Å². The van der Waals surface area contributed by atoms with Gasteiger partial charge in [0.25, 0.3) is 0 Å². The minimum Gasteiger partial charge on any atom is -0.356 e. The van der Waals surface area contributed by atoms with Crippen molar-refractivity contribution < 1.29 is 0 Å². The molecule has 0 aromatic carbocycles. The third-order valence-electron chi connectivity index (χ3n) is 3.96. The van der Waals surface area contributed by atoms with Gasteiger partial charge in [-0.1, -0.05) is 19.3 Å². The molecule has 0 aliphatic heterocycles. The van der Waals surface area contributed by atoms with Crippen LogP contribution < -0.4 is 5.32 Å². The Kier molecular flexibility index (Phi) is 4.08. The van der Waals surface area contributed by atoms with E-state index in [2.05, 4.69) is 41.8 Å². The molecule has 1 saturated carbocycles. The highest BCUT2D eigenvalue weighted by atomic mass is 15.2. The number of nitrogens with zero attached hydrogens (tertiary/aromatic N) is 2. The van der Waals surface area contributed by atoms with Crippen molar-refractivity contribution in [3.8, 4) is 0 Å². The third kappa shape index (κ3) is 2.82. The Morgan fingerprint density at radius 1 is 1.41 bits per heavy atom. The second kappa shape index (κ2) is 5.56. The van der Waals surface area contributed by atoms with E-state index in [-0.39, 0.29) is 0 Å². The van der Waals surface area contributed by atoms with Crippen LogP contribution >= 0.6 is 0 Å². The Bertz CT molecular complexity index is 350. The quantitative estimate of drug-likeness (QED) is 0.861. The predicted octanol–water partition coefficient (Wildman–Crippen LogP) is 3.76. The standard InChI is InChI=1S/C14H25N3/c1-4-15-14-16-11(2)10-17(14)12(3)13-8-6-5-7-9-13/h10,12-13H,4-9H2,1-3H3,(H,15,16). The summed E-state index contributed by atoms with van der Waals surface area (Å²) in [6.45, 7) is 7.48. The van der Waals surface area contributed by atoms with Gasteiger partial charge < -0.3 is 9.88 Å². The lowest BCUT2D eigenvalue weighted by molar-refractivity contribution is 0.265. The maximum Gasteiger partial charge on any atom is 0.203 e. The fourth-order valence-corrected chi connectivity index (χ4v) is 2.96. The zero-order chi connectivity index (χ0) is 12.3. The molecule has 1 unspecified atom stereocenters. The Balaban J connectivity index is 2.13. The van der Waals surface area contributed by atoms with Crippen LogP contribution in [0.15, 0.2) is 6.20 Å². The van der Waals surface area contributed by atoms with Crippen molar-refractivity contribution in [3.63, 3.8) is 0 Å². The van der Waals surface area contributed by atoms with Crippen LogP contribution in [0.2, 0.25) is 0 Å². The number of hydrogen-bond donors (Lipinski definition) is 1. The van der Waals surface area contributed by atoms with Gasteiger partial charge in [-0.25, -0.2) is 4.98 Å². The predicted molar refractivity (Wildman–Crippen MR) is 72.4 cm³/mol. The summed E-state index contributed by atoms with van der Waals surface area (Å²) < 4.78 is 2.34. The van der Waals surface area contributed by atoms with Crippen LogP contribution in [0, 0.1) is 12.8 Å². The van der Waals surface area contributed by atoms with Crippen LogP contribution in [0.1, 0.15) is 57.7 Å². The summed E-state index contributed by atoms with van der Waals surface area (Å²) >= 11 is 0. The van der Waals surface area contributed by atoms with Crippen LogP contribution in [0.3, 0.4) is 0 Å². The van der Waals surface area contributed by atoms with Gasteiger partial charge in [0.2, 0.25) is 5.95 Å². The van der Waals surface area contributed by atoms with Crippen molar-refractivity contribution in [1.29, 1.82) is 0 Å². The van der Waals surface area contributed by atoms with Gasteiger partial charge in [0.15, 0.2) is 0 Å². The van der Waals surface area contributed by atoms with E-state index in [1.165, 1.54) is 32.1 Å². The highest BCUT2D eigenvalue weighted by Crippen LogP contribution is 2.34. The SMILES string of the molecule is CCNc1nc(C)cn1C(C)C1CCCCC1. The summed E-state index contributed by atoms with van der Waals surface area (Å²) in [7, 11) is 0. The first kappa shape index (κ1) is 12.5. The lowest BCUT2D eigenvalue weighted by atomic mass is 9.84. The average Bonchev–Trinajstić information content (AvgIpc) is 2.71. The van der Waals surface area contributed by atoms with Gasteiger partial charge >= 0.3 is 0 Å². The minimum atomic E-state index is 0.575. The lowest BCUT2D eigenvalue weighted by Crippen LogP contribution is -2.20. The summed E-state index contributed by atoms with van der Waals surface area (Å²) in [6, 6.07) is 0.575. The first-order valence-electron chi connectivity index (χ1n) is 7.01. The van der Waals surface area contributed by atoms with Crippen molar-refractivity contribution in [1.82, 2.24) is 9.55 Å². The van der Waals surface area contributed by atoms with Gasteiger partial charge in [0.1, 0.15) is 0 Å². The molecule has 1 aliphatic carbocycles. The largest absolute Gasteiger partial charge is 0.356 e. The molecule has 1 N–H and O–H groups in total. The maximum absolute atomic E-state index is 4.57. The summed E-state index contributed by atoms with van der Waals surface area (Å²) in [5, 5.41) is 3.37. The molecular weight excluding hydrogens is 210 g/mol. The average molecular weight is 235 g/mol. The molecule has 1 aromatic heterocycles. The van der Waals surface area contributed by atoms with E-state index >= 15 is 0 Å². The topological polar surface area (TPSA) is 29.9 Å². The molecule has 1 aliphatic rings. The van der Waals surface area contributed by atoms with Crippen LogP contribution in [0.25, 0.3) is 0 Å². The highest BCUT2D eigenvalue weighted by molar-refractivity contribution is 5.29. The van der Waals surface area contributed by atoms with Crippen molar-refractivity contribution >= 4 is 5.95 Å². The molecule has 3 heteroatoms. The zero-order valence-corrected chi connectivity index (χ0v) is 11.4. The molecular formula is C14H25N3. The molecule has 96 valence electrons. The first-order chi connectivity index (χ1) is 8.22. The molecule has 1 heterocycles. The van der Waals surface area contributed by atoms with E-state index in [1.54, 1.807) is 0 Å². The third-order valence-corrected chi connectivity index (χ3v) is 3.96. The van der Waals surface area contributed by atoms with E-state index in [4.69, 9.17) is 0 Å². The maximum atomic E-state index is 4.57. The number of rotatable bonds is 4. The summed E-state index contributed by atoms with van der Waals surface area (Å²) in [6.07, 6.45) is 9.18. The Morgan fingerprint density at radius 3 is 2.76 bits per heavy atom. The van der Waals surface area contributed by atoms with Crippen LogP contribution in [-0.2, 0) is 0 Å². The fourth-order valence-electron chi connectivity index (χ4n) is 2.96. The van der Waals surface area contributed by atoms with E-state index in [1.807, 2.05) is 0 Å². The highest BCUT2D eigenvalue weighted by Gasteiger charge is 2.23. The second-order valence-electron chi connectivity index (χ2n) is 5.28. The Labute approximate surface area is 105 Å². The van der Waals surface area contributed by atoms with Gasteiger partial charge in [-0.05, 0) is 39.5 Å². The van der Waals surface area contributed by atoms with Gasteiger partial charge in [-0.2, -0.15) is 0 Å². The van der Waals surface area contributed by atoms with Gasteiger partial charge in [0.05, 0.1) is 5.69 Å². The molecule has 0 saturated heterocycles. The van der Waals surface area contributed by atoms with Crippen molar-refractivity contribution in [2.75, 3.05) is 11.9 Å². The van der Waals surface area contributed by atoms with E-state index in [0.717, 1.165) is 24.1 Å².